The molecule has 10 nitrogen and oxygen atoms in total. The standard InChI is InChI=1S/C22H30N6O4/c1-2-32-21(30)17-8-9-18(23-15-17)25-10-6-11-26(14-13-25)20(29)16-28-22(31)27-12-5-3-4-7-19(27)24-28/h8-9,15H,2-7,10-14,16H2,1H3. The average molecular weight is 443 g/mol. The first-order chi connectivity index (χ1) is 15.6. The van der Waals surface area contributed by atoms with Gasteiger partial charge in [-0.2, -0.15) is 5.10 Å². The molecule has 0 saturated carbocycles. The van der Waals surface area contributed by atoms with Gasteiger partial charge in [-0.1, -0.05) is 6.42 Å². The lowest BCUT2D eigenvalue weighted by Crippen LogP contribution is -2.39. The van der Waals surface area contributed by atoms with Crippen LogP contribution in [0.4, 0.5) is 5.82 Å². The normalized spacial score (nSPS) is 16.8. The van der Waals surface area contributed by atoms with Crippen LogP contribution in [0.25, 0.3) is 0 Å². The van der Waals surface area contributed by atoms with Gasteiger partial charge in [0.05, 0.1) is 12.2 Å². The van der Waals surface area contributed by atoms with E-state index in [1.807, 2.05) is 6.07 Å². The molecule has 32 heavy (non-hydrogen) atoms. The zero-order valence-corrected chi connectivity index (χ0v) is 18.5. The number of carbonyl (C=O) groups is 2. The van der Waals surface area contributed by atoms with Crippen LogP contribution in [0.15, 0.2) is 23.1 Å². The number of ether oxygens (including phenoxy) is 1. The lowest BCUT2D eigenvalue weighted by atomic mass is 10.2. The Morgan fingerprint density at radius 3 is 2.69 bits per heavy atom. The fraction of sp³-hybridized carbons (Fsp3) is 0.591. The fourth-order valence-electron chi connectivity index (χ4n) is 4.26. The van der Waals surface area contributed by atoms with E-state index in [4.69, 9.17) is 4.74 Å². The SMILES string of the molecule is CCOC(=O)c1ccc(N2CCCN(C(=O)Cn3nc4n(c3=O)CCCCC4)CC2)nc1. The van der Waals surface area contributed by atoms with Crippen LogP contribution in [0.1, 0.15) is 48.8 Å². The van der Waals surface area contributed by atoms with E-state index in [1.165, 1.54) is 10.9 Å². The molecule has 2 aromatic rings. The van der Waals surface area contributed by atoms with Crippen molar-refractivity contribution < 1.29 is 14.3 Å². The number of anilines is 1. The maximum Gasteiger partial charge on any atom is 0.346 e. The summed E-state index contributed by atoms with van der Waals surface area (Å²) in [5, 5.41) is 4.43. The van der Waals surface area contributed by atoms with Crippen molar-refractivity contribution in [3.63, 3.8) is 0 Å². The maximum absolute atomic E-state index is 12.9. The van der Waals surface area contributed by atoms with Crippen LogP contribution in [0.2, 0.25) is 0 Å². The van der Waals surface area contributed by atoms with Crippen molar-refractivity contribution in [3.8, 4) is 0 Å². The molecule has 4 rings (SSSR count). The van der Waals surface area contributed by atoms with Gasteiger partial charge >= 0.3 is 11.7 Å². The molecule has 1 fully saturated rings. The van der Waals surface area contributed by atoms with Gasteiger partial charge in [-0.05, 0) is 38.3 Å². The molecule has 4 heterocycles. The van der Waals surface area contributed by atoms with Gasteiger partial charge in [0.25, 0.3) is 0 Å². The number of hydrogen-bond acceptors (Lipinski definition) is 7. The lowest BCUT2D eigenvalue weighted by molar-refractivity contribution is -0.131. The van der Waals surface area contributed by atoms with Crippen molar-refractivity contribution in [2.75, 3.05) is 37.7 Å². The van der Waals surface area contributed by atoms with Crippen molar-refractivity contribution in [1.29, 1.82) is 0 Å². The number of aromatic nitrogens is 4. The zero-order valence-electron chi connectivity index (χ0n) is 18.5. The van der Waals surface area contributed by atoms with E-state index in [0.29, 0.717) is 38.3 Å². The summed E-state index contributed by atoms with van der Waals surface area (Å²) in [4.78, 5) is 45.7. The predicted molar refractivity (Wildman–Crippen MR) is 118 cm³/mol. The first-order valence-corrected chi connectivity index (χ1v) is 11.4. The van der Waals surface area contributed by atoms with Gasteiger partial charge in [0, 0.05) is 45.3 Å². The highest BCUT2D eigenvalue weighted by Crippen LogP contribution is 2.15. The van der Waals surface area contributed by atoms with E-state index in [-0.39, 0.29) is 24.1 Å². The van der Waals surface area contributed by atoms with E-state index < -0.39 is 0 Å². The van der Waals surface area contributed by atoms with E-state index >= 15 is 0 Å². The molecule has 0 bridgehead atoms. The Bertz CT molecular complexity index is 1010. The predicted octanol–water partition coefficient (Wildman–Crippen LogP) is 1.08. The summed E-state index contributed by atoms with van der Waals surface area (Å²) in [6.45, 7) is 5.31. The number of amides is 1. The molecule has 0 aliphatic carbocycles. The van der Waals surface area contributed by atoms with E-state index in [9.17, 15) is 14.4 Å². The van der Waals surface area contributed by atoms with Crippen LogP contribution in [-0.4, -0.2) is 68.9 Å². The zero-order chi connectivity index (χ0) is 22.5. The Morgan fingerprint density at radius 1 is 1.03 bits per heavy atom. The van der Waals surface area contributed by atoms with E-state index in [0.717, 1.165) is 50.3 Å². The number of hydrogen-bond donors (Lipinski definition) is 0. The van der Waals surface area contributed by atoms with Crippen LogP contribution in [0.5, 0.6) is 0 Å². The maximum atomic E-state index is 12.9. The molecule has 1 saturated heterocycles. The molecule has 172 valence electrons. The first kappa shape index (κ1) is 22.0. The number of pyridine rings is 1. The lowest BCUT2D eigenvalue weighted by Gasteiger charge is -2.23. The van der Waals surface area contributed by atoms with Crippen LogP contribution in [-0.2, 0) is 29.0 Å². The molecule has 1 amide bonds. The van der Waals surface area contributed by atoms with Crippen molar-refractivity contribution >= 4 is 17.7 Å². The average Bonchev–Trinajstić information content (AvgIpc) is 3.04. The Morgan fingerprint density at radius 2 is 1.91 bits per heavy atom. The number of rotatable bonds is 5. The van der Waals surface area contributed by atoms with E-state index in [2.05, 4.69) is 15.0 Å². The van der Waals surface area contributed by atoms with Crippen molar-refractivity contribution in [2.24, 2.45) is 0 Å². The van der Waals surface area contributed by atoms with Gasteiger partial charge in [0.1, 0.15) is 18.2 Å². The highest BCUT2D eigenvalue weighted by molar-refractivity contribution is 5.89. The van der Waals surface area contributed by atoms with Gasteiger partial charge < -0.3 is 14.5 Å². The minimum atomic E-state index is -0.383. The van der Waals surface area contributed by atoms with Gasteiger partial charge in [-0.3, -0.25) is 9.36 Å². The molecular formula is C22H30N6O4. The summed E-state index contributed by atoms with van der Waals surface area (Å²) in [5.74, 6) is 1.08. The summed E-state index contributed by atoms with van der Waals surface area (Å²) in [6, 6.07) is 3.52. The van der Waals surface area contributed by atoms with Crippen LogP contribution in [0.3, 0.4) is 0 Å². The van der Waals surface area contributed by atoms with Crippen LogP contribution in [0, 0.1) is 0 Å². The highest BCUT2D eigenvalue weighted by atomic mass is 16.5. The van der Waals surface area contributed by atoms with Crippen molar-refractivity contribution in [2.45, 2.75) is 52.1 Å². The quantitative estimate of drug-likeness (QED) is 0.639. The Labute approximate surface area is 186 Å². The van der Waals surface area contributed by atoms with Crippen molar-refractivity contribution in [1.82, 2.24) is 24.2 Å². The monoisotopic (exact) mass is 442 g/mol. The molecule has 0 N–H and O–H groups in total. The molecule has 2 aromatic heterocycles. The van der Waals surface area contributed by atoms with Gasteiger partial charge in [0.2, 0.25) is 5.91 Å². The molecule has 10 heteroatoms. The summed E-state index contributed by atoms with van der Waals surface area (Å²) < 4.78 is 8.04. The first-order valence-electron chi connectivity index (χ1n) is 11.4. The molecule has 0 atom stereocenters. The third-order valence-electron chi connectivity index (χ3n) is 6.00. The fourth-order valence-corrected chi connectivity index (χ4v) is 4.26. The molecule has 0 unspecified atom stereocenters. The minimum absolute atomic E-state index is 0.0225. The molecule has 2 aliphatic rings. The number of aryl methyl sites for hydroxylation is 1. The summed E-state index contributed by atoms with van der Waals surface area (Å²) >= 11 is 0. The number of fused-ring (bicyclic) bond motifs is 1. The van der Waals surface area contributed by atoms with Crippen molar-refractivity contribution in [3.05, 3.63) is 40.2 Å². The van der Waals surface area contributed by atoms with Gasteiger partial charge in [-0.25, -0.2) is 19.3 Å². The Balaban J connectivity index is 1.37. The summed E-state index contributed by atoms with van der Waals surface area (Å²) in [7, 11) is 0. The van der Waals surface area contributed by atoms with E-state index in [1.54, 1.807) is 22.5 Å². The minimum Gasteiger partial charge on any atom is -0.462 e. The van der Waals surface area contributed by atoms with Gasteiger partial charge in [0.15, 0.2) is 0 Å². The number of nitrogens with zero attached hydrogens (tertiary/aromatic N) is 6. The second-order valence-electron chi connectivity index (χ2n) is 8.17. The molecular weight excluding hydrogens is 412 g/mol. The van der Waals surface area contributed by atoms with Crippen LogP contribution < -0.4 is 10.6 Å². The Kier molecular flexibility index (Phi) is 6.87. The summed E-state index contributed by atoms with van der Waals surface area (Å²) in [6.07, 6.45) is 6.21. The number of carbonyl (C=O) groups excluding carboxylic acids is 2. The molecule has 0 radical (unpaired) electrons. The topological polar surface area (TPSA) is 103 Å². The number of esters is 1. The molecule has 2 aliphatic heterocycles. The van der Waals surface area contributed by atoms with Gasteiger partial charge in [-0.15, -0.1) is 0 Å². The van der Waals surface area contributed by atoms with Crippen LogP contribution >= 0.6 is 0 Å². The Hall–Kier alpha value is -3.17. The third-order valence-corrected chi connectivity index (χ3v) is 6.00. The second-order valence-corrected chi connectivity index (χ2v) is 8.17. The molecule has 0 spiro atoms. The second kappa shape index (κ2) is 9.97. The third kappa shape index (κ3) is 4.84. The molecule has 0 aromatic carbocycles. The summed E-state index contributed by atoms with van der Waals surface area (Å²) in [5.41, 5.74) is 0.240. The highest BCUT2D eigenvalue weighted by Gasteiger charge is 2.23. The largest absolute Gasteiger partial charge is 0.462 e. The smallest absolute Gasteiger partial charge is 0.346 e.